The highest BCUT2D eigenvalue weighted by Crippen LogP contribution is 2.38. The zero-order valence-electron chi connectivity index (χ0n) is 26.6. The second-order valence-electron chi connectivity index (χ2n) is 10.5. The lowest BCUT2D eigenvalue weighted by atomic mass is 9.93. The van der Waals surface area contributed by atoms with E-state index in [1.54, 1.807) is 91.3 Å². The second-order valence-corrected chi connectivity index (χ2v) is 11.5. The van der Waals surface area contributed by atoms with Crippen LogP contribution in [0.5, 0.6) is 23.0 Å². The van der Waals surface area contributed by atoms with Crippen molar-refractivity contribution in [2.24, 2.45) is 4.99 Å². The molecule has 5 rings (SSSR count). The SMILES string of the molecule is CCN(CC)C(=O)C1=C(C)N=c2s/c(=C/c3ccc(OCc4ccccc4F)c(OC)c3)c(=O)n2[C@@H]1c1cc(OC)ccc1OC. The molecule has 1 atom stereocenters. The number of hydrogen-bond acceptors (Lipinski definition) is 8. The first kappa shape index (κ1) is 32.5. The van der Waals surface area contributed by atoms with Gasteiger partial charge < -0.3 is 23.8 Å². The van der Waals surface area contributed by atoms with Crippen molar-refractivity contribution in [1.82, 2.24) is 9.47 Å². The molecule has 0 radical (unpaired) electrons. The minimum Gasteiger partial charge on any atom is -0.497 e. The first-order valence-corrected chi connectivity index (χ1v) is 15.6. The minimum absolute atomic E-state index is 0.0304. The largest absolute Gasteiger partial charge is 0.497 e. The predicted octanol–water partition coefficient (Wildman–Crippen LogP) is 4.85. The molecule has 3 aromatic carbocycles. The summed E-state index contributed by atoms with van der Waals surface area (Å²) in [6.07, 6.45) is 1.75. The number of ether oxygens (including phenoxy) is 4. The van der Waals surface area contributed by atoms with Crippen LogP contribution in [0.4, 0.5) is 4.39 Å². The zero-order chi connectivity index (χ0) is 33.0. The summed E-state index contributed by atoms with van der Waals surface area (Å²) in [6.45, 7) is 6.65. The van der Waals surface area contributed by atoms with Crippen LogP contribution < -0.4 is 33.8 Å². The zero-order valence-corrected chi connectivity index (χ0v) is 27.4. The summed E-state index contributed by atoms with van der Waals surface area (Å²) < 4.78 is 38.7. The van der Waals surface area contributed by atoms with E-state index < -0.39 is 6.04 Å². The van der Waals surface area contributed by atoms with E-state index in [9.17, 15) is 14.0 Å². The fourth-order valence-corrected chi connectivity index (χ4v) is 6.49. The molecule has 0 saturated carbocycles. The summed E-state index contributed by atoms with van der Waals surface area (Å²) in [5, 5.41) is 0. The van der Waals surface area contributed by atoms with Crippen molar-refractivity contribution >= 4 is 23.3 Å². The van der Waals surface area contributed by atoms with Crippen molar-refractivity contribution < 1.29 is 28.1 Å². The fourth-order valence-electron chi connectivity index (χ4n) is 5.44. The molecule has 9 nitrogen and oxygen atoms in total. The number of allylic oxidation sites excluding steroid dienone is 1. The highest BCUT2D eigenvalue weighted by atomic mass is 32.1. The third kappa shape index (κ3) is 6.28. The number of carbonyl (C=O) groups excluding carboxylic acids is 1. The Bertz CT molecular complexity index is 1980. The Hall–Kier alpha value is -4.90. The lowest BCUT2D eigenvalue weighted by molar-refractivity contribution is -0.127. The van der Waals surface area contributed by atoms with Gasteiger partial charge in [-0.2, -0.15) is 0 Å². The Morgan fingerprint density at radius 1 is 0.978 bits per heavy atom. The summed E-state index contributed by atoms with van der Waals surface area (Å²) >= 11 is 1.23. The number of hydrogen-bond donors (Lipinski definition) is 0. The maximum atomic E-state index is 14.2. The maximum Gasteiger partial charge on any atom is 0.271 e. The van der Waals surface area contributed by atoms with Gasteiger partial charge in [-0.1, -0.05) is 35.6 Å². The molecule has 0 spiro atoms. The lowest BCUT2D eigenvalue weighted by Crippen LogP contribution is -2.43. The Morgan fingerprint density at radius 3 is 2.37 bits per heavy atom. The molecule has 4 aromatic rings. The Balaban J connectivity index is 1.62. The molecule has 1 aliphatic rings. The quantitative estimate of drug-likeness (QED) is 0.232. The van der Waals surface area contributed by atoms with Gasteiger partial charge in [-0.25, -0.2) is 9.38 Å². The van der Waals surface area contributed by atoms with Gasteiger partial charge in [0.1, 0.15) is 30.0 Å². The van der Waals surface area contributed by atoms with Crippen LogP contribution in [0.3, 0.4) is 0 Å². The molecular formula is C35H36FN3O6S. The number of carbonyl (C=O) groups is 1. The van der Waals surface area contributed by atoms with E-state index >= 15 is 0 Å². The smallest absolute Gasteiger partial charge is 0.271 e. The molecule has 1 aromatic heterocycles. The van der Waals surface area contributed by atoms with Crippen molar-refractivity contribution in [1.29, 1.82) is 0 Å². The summed E-state index contributed by atoms with van der Waals surface area (Å²) in [6, 6.07) is 16.2. The summed E-state index contributed by atoms with van der Waals surface area (Å²) in [5.74, 6) is 1.38. The van der Waals surface area contributed by atoms with E-state index in [0.717, 1.165) is 0 Å². The number of halogens is 1. The summed E-state index contributed by atoms with van der Waals surface area (Å²) in [5.41, 5.74) is 2.33. The number of aromatic nitrogens is 1. The van der Waals surface area contributed by atoms with Crippen molar-refractivity contribution in [3.8, 4) is 23.0 Å². The van der Waals surface area contributed by atoms with Gasteiger partial charge in [-0.3, -0.25) is 14.2 Å². The monoisotopic (exact) mass is 645 g/mol. The standard InChI is InChI=1S/C35H36FN3O6S/c1-7-38(8-2)34(41)31-21(3)37-35-39(32(31)25-19-24(42-4)14-16-27(25)43-5)33(40)30(46-35)18-22-13-15-28(29(17-22)44-6)45-20-23-11-9-10-12-26(23)36/h9-19,32H,7-8,20H2,1-6H3/b30-18+/t32-/m1/s1. The van der Waals surface area contributed by atoms with Crippen LogP contribution in [0.25, 0.3) is 6.08 Å². The molecule has 0 N–H and O–H groups in total. The van der Waals surface area contributed by atoms with Crippen LogP contribution in [0, 0.1) is 5.82 Å². The second kappa shape index (κ2) is 14.0. The number of methoxy groups -OCH3 is 3. The highest BCUT2D eigenvalue weighted by Gasteiger charge is 2.36. The topological polar surface area (TPSA) is 91.6 Å². The van der Waals surface area contributed by atoms with Gasteiger partial charge in [0.2, 0.25) is 0 Å². The van der Waals surface area contributed by atoms with Gasteiger partial charge in [0.05, 0.1) is 37.1 Å². The van der Waals surface area contributed by atoms with Crippen LogP contribution in [0.15, 0.2) is 81.7 Å². The van der Waals surface area contributed by atoms with Crippen LogP contribution in [-0.2, 0) is 11.4 Å². The van der Waals surface area contributed by atoms with Crippen LogP contribution in [-0.4, -0.2) is 49.8 Å². The number of rotatable bonds is 11. The Morgan fingerprint density at radius 2 is 1.70 bits per heavy atom. The van der Waals surface area contributed by atoms with E-state index in [1.807, 2.05) is 13.8 Å². The highest BCUT2D eigenvalue weighted by molar-refractivity contribution is 7.07. The minimum atomic E-state index is -0.805. The van der Waals surface area contributed by atoms with Crippen LogP contribution in [0.1, 0.15) is 43.5 Å². The number of likely N-dealkylation sites (N-methyl/N-ethyl adjacent to an activating group) is 1. The third-order valence-electron chi connectivity index (χ3n) is 7.86. The van der Waals surface area contributed by atoms with Crippen molar-refractivity contribution in [3.63, 3.8) is 0 Å². The van der Waals surface area contributed by atoms with E-state index in [-0.39, 0.29) is 23.9 Å². The van der Waals surface area contributed by atoms with E-state index in [2.05, 4.69) is 0 Å². The van der Waals surface area contributed by atoms with Crippen molar-refractivity contribution in [2.45, 2.75) is 33.4 Å². The van der Waals surface area contributed by atoms with Gasteiger partial charge in [0, 0.05) is 24.2 Å². The molecule has 0 unspecified atom stereocenters. The molecule has 46 heavy (non-hydrogen) atoms. The summed E-state index contributed by atoms with van der Waals surface area (Å²) in [7, 11) is 4.63. The van der Waals surface area contributed by atoms with Gasteiger partial charge >= 0.3 is 0 Å². The third-order valence-corrected chi connectivity index (χ3v) is 8.84. The van der Waals surface area contributed by atoms with Crippen LogP contribution in [0.2, 0.25) is 0 Å². The molecule has 240 valence electrons. The average Bonchev–Trinajstić information content (AvgIpc) is 3.37. The van der Waals surface area contributed by atoms with Gasteiger partial charge in [-0.05, 0) is 68.8 Å². The number of thiazole rings is 1. The molecular weight excluding hydrogens is 609 g/mol. The van der Waals surface area contributed by atoms with Crippen LogP contribution >= 0.6 is 11.3 Å². The average molecular weight is 646 g/mol. The molecule has 0 aliphatic carbocycles. The number of amides is 1. The van der Waals surface area contributed by atoms with E-state index in [1.165, 1.54) is 24.5 Å². The van der Waals surface area contributed by atoms with Gasteiger partial charge in [0.25, 0.3) is 11.5 Å². The summed E-state index contributed by atoms with van der Waals surface area (Å²) in [4.78, 5) is 35.1. The Labute approximate surface area is 270 Å². The van der Waals surface area contributed by atoms with Crippen molar-refractivity contribution in [3.05, 3.63) is 114 Å². The molecule has 0 bridgehead atoms. The lowest BCUT2D eigenvalue weighted by Gasteiger charge is -2.30. The fraction of sp³-hybridized carbons (Fsp3) is 0.286. The predicted molar refractivity (Wildman–Crippen MR) is 175 cm³/mol. The Kier molecular flexibility index (Phi) is 9.91. The first-order valence-electron chi connectivity index (χ1n) is 14.8. The number of fused-ring (bicyclic) bond motifs is 1. The van der Waals surface area contributed by atoms with E-state index in [0.29, 0.717) is 73.4 Å². The normalized spacial score (nSPS) is 14.4. The van der Waals surface area contributed by atoms with E-state index in [4.69, 9.17) is 23.9 Å². The molecule has 0 fully saturated rings. The maximum absolute atomic E-state index is 14.2. The molecule has 2 heterocycles. The number of nitrogens with zero attached hydrogens (tertiary/aromatic N) is 3. The van der Waals surface area contributed by atoms with Gasteiger partial charge in [0.15, 0.2) is 16.3 Å². The molecule has 0 saturated heterocycles. The number of benzene rings is 3. The van der Waals surface area contributed by atoms with Crippen molar-refractivity contribution in [2.75, 3.05) is 34.4 Å². The molecule has 11 heteroatoms. The first-order chi connectivity index (χ1) is 22.2. The molecule has 1 amide bonds. The molecule has 1 aliphatic heterocycles. The van der Waals surface area contributed by atoms with Gasteiger partial charge in [-0.15, -0.1) is 0 Å².